The molecular formula is C17H27N3O3. The smallest absolute Gasteiger partial charge is 0.341 e. The van der Waals surface area contributed by atoms with E-state index >= 15 is 0 Å². The molecule has 0 spiro atoms. The molecule has 1 aromatic rings. The maximum absolute atomic E-state index is 11.6. The van der Waals surface area contributed by atoms with E-state index in [2.05, 4.69) is 29.1 Å². The van der Waals surface area contributed by atoms with Gasteiger partial charge in [0.15, 0.2) is 5.96 Å². The number of nitrogens with one attached hydrogen (secondary N) is 1. The van der Waals surface area contributed by atoms with Crippen LogP contribution in [-0.4, -0.2) is 44.1 Å². The number of hydrogen-bond donors (Lipinski definition) is 1. The molecular weight excluding hydrogens is 294 g/mol. The molecule has 0 bridgehead atoms. The SMILES string of the molecule is CN=C(NCc1cc(C(=O)OC)c(C)o1)N1CC(C)CC(C)C1. The van der Waals surface area contributed by atoms with Crippen LogP contribution < -0.4 is 5.32 Å². The molecule has 23 heavy (non-hydrogen) atoms. The summed E-state index contributed by atoms with van der Waals surface area (Å²) in [5.41, 5.74) is 0.472. The molecule has 1 saturated heterocycles. The van der Waals surface area contributed by atoms with Crippen LogP contribution in [0.4, 0.5) is 0 Å². The molecule has 0 amide bonds. The summed E-state index contributed by atoms with van der Waals surface area (Å²) in [7, 11) is 3.16. The zero-order valence-corrected chi connectivity index (χ0v) is 14.7. The summed E-state index contributed by atoms with van der Waals surface area (Å²) in [6, 6.07) is 1.73. The molecule has 2 atom stereocenters. The lowest BCUT2D eigenvalue weighted by molar-refractivity contribution is 0.0599. The first-order valence-corrected chi connectivity index (χ1v) is 8.07. The molecule has 1 aliphatic rings. The summed E-state index contributed by atoms with van der Waals surface area (Å²) in [6.07, 6.45) is 1.26. The molecule has 0 radical (unpaired) electrons. The Kier molecular flexibility index (Phi) is 5.69. The number of nitrogens with zero attached hydrogens (tertiary/aromatic N) is 2. The molecule has 1 N–H and O–H groups in total. The number of carbonyl (C=O) groups is 1. The van der Waals surface area contributed by atoms with Gasteiger partial charge in [0.05, 0.1) is 13.7 Å². The second-order valence-corrected chi connectivity index (χ2v) is 6.43. The van der Waals surface area contributed by atoms with E-state index in [0.29, 0.717) is 35.5 Å². The minimum absolute atomic E-state index is 0.374. The van der Waals surface area contributed by atoms with Crippen molar-refractivity contribution < 1.29 is 13.9 Å². The van der Waals surface area contributed by atoms with E-state index in [-0.39, 0.29) is 5.97 Å². The molecule has 6 heteroatoms. The summed E-state index contributed by atoms with van der Waals surface area (Å²) in [4.78, 5) is 18.3. The third-order valence-electron chi connectivity index (χ3n) is 4.18. The highest BCUT2D eigenvalue weighted by Gasteiger charge is 2.24. The number of ether oxygens (including phenoxy) is 1. The zero-order chi connectivity index (χ0) is 17.0. The number of aryl methyl sites for hydroxylation is 1. The fourth-order valence-electron chi connectivity index (χ4n) is 3.28. The summed E-state index contributed by atoms with van der Waals surface area (Å²) in [5.74, 6) is 3.09. The van der Waals surface area contributed by atoms with Crippen LogP contribution in [0.5, 0.6) is 0 Å². The Bertz CT molecular complexity index is 570. The van der Waals surface area contributed by atoms with Crippen LogP contribution in [-0.2, 0) is 11.3 Å². The normalized spacial score (nSPS) is 22.1. The van der Waals surface area contributed by atoms with Crippen molar-refractivity contribution in [3.8, 4) is 0 Å². The molecule has 0 saturated carbocycles. The van der Waals surface area contributed by atoms with Crippen molar-refractivity contribution in [3.05, 3.63) is 23.2 Å². The van der Waals surface area contributed by atoms with Crippen molar-refractivity contribution in [3.63, 3.8) is 0 Å². The Morgan fingerprint density at radius 1 is 1.43 bits per heavy atom. The fourth-order valence-corrected chi connectivity index (χ4v) is 3.28. The molecule has 6 nitrogen and oxygen atoms in total. The van der Waals surface area contributed by atoms with Gasteiger partial charge in [0, 0.05) is 20.1 Å². The Morgan fingerprint density at radius 2 is 2.09 bits per heavy atom. The van der Waals surface area contributed by atoms with E-state index < -0.39 is 0 Å². The minimum atomic E-state index is -0.374. The van der Waals surface area contributed by atoms with Crippen molar-refractivity contribution in [1.29, 1.82) is 0 Å². The topological polar surface area (TPSA) is 67.1 Å². The fraction of sp³-hybridized carbons (Fsp3) is 0.647. The Balaban J connectivity index is 2.00. The van der Waals surface area contributed by atoms with Crippen LogP contribution in [0.2, 0.25) is 0 Å². The van der Waals surface area contributed by atoms with Crippen molar-refractivity contribution in [2.45, 2.75) is 33.7 Å². The van der Waals surface area contributed by atoms with Crippen LogP contribution in [0.3, 0.4) is 0 Å². The maximum Gasteiger partial charge on any atom is 0.341 e. The number of likely N-dealkylation sites (tertiary alicyclic amines) is 1. The lowest BCUT2D eigenvalue weighted by atomic mass is 9.92. The van der Waals surface area contributed by atoms with E-state index in [0.717, 1.165) is 19.0 Å². The lowest BCUT2D eigenvalue weighted by Crippen LogP contribution is -2.48. The molecule has 1 aromatic heterocycles. The second kappa shape index (κ2) is 7.53. The van der Waals surface area contributed by atoms with Gasteiger partial charge >= 0.3 is 5.97 Å². The quantitative estimate of drug-likeness (QED) is 0.526. The van der Waals surface area contributed by atoms with E-state index in [4.69, 9.17) is 9.15 Å². The monoisotopic (exact) mass is 321 g/mol. The van der Waals surface area contributed by atoms with E-state index in [1.54, 1.807) is 20.0 Å². The minimum Gasteiger partial charge on any atom is -0.465 e. The average Bonchev–Trinajstić information content (AvgIpc) is 2.87. The first-order valence-electron chi connectivity index (χ1n) is 8.07. The van der Waals surface area contributed by atoms with E-state index in [9.17, 15) is 4.79 Å². The van der Waals surface area contributed by atoms with Gasteiger partial charge in [0.2, 0.25) is 0 Å². The molecule has 1 aliphatic heterocycles. The Hall–Kier alpha value is -1.98. The van der Waals surface area contributed by atoms with Crippen LogP contribution in [0, 0.1) is 18.8 Å². The second-order valence-electron chi connectivity index (χ2n) is 6.43. The highest BCUT2D eigenvalue weighted by Crippen LogP contribution is 2.21. The highest BCUT2D eigenvalue weighted by molar-refractivity contribution is 5.90. The van der Waals surface area contributed by atoms with Gasteiger partial charge in [0.25, 0.3) is 0 Å². The highest BCUT2D eigenvalue weighted by atomic mass is 16.5. The number of aliphatic imine (C=N–C) groups is 1. The van der Waals surface area contributed by atoms with Crippen LogP contribution in [0.1, 0.15) is 42.1 Å². The van der Waals surface area contributed by atoms with Gasteiger partial charge < -0.3 is 19.4 Å². The Labute approximate surface area is 137 Å². The average molecular weight is 321 g/mol. The van der Waals surface area contributed by atoms with Crippen molar-refractivity contribution in [2.75, 3.05) is 27.2 Å². The first-order chi connectivity index (χ1) is 10.9. The van der Waals surface area contributed by atoms with Crippen molar-refractivity contribution >= 4 is 11.9 Å². The number of carbonyl (C=O) groups excluding carboxylic acids is 1. The van der Waals surface area contributed by atoms with Gasteiger partial charge in [-0.2, -0.15) is 0 Å². The van der Waals surface area contributed by atoms with Gasteiger partial charge in [-0.3, -0.25) is 4.99 Å². The van der Waals surface area contributed by atoms with Crippen molar-refractivity contribution in [1.82, 2.24) is 10.2 Å². The predicted octanol–water partition coefficient (Wildman–Crippen LogP) is 2.43. The number of guanidine groups is 1. The zero-order valence-electron chi connectivity index (χ0n) is 14.7. The summed E-state index contributed by atoms with van der Waals surface area (Å²) in [5, 5.41) is 3.32. The van der Waals surface area contributed by atoms with Gasteiger partial charge in [-0.25, -0.2) is 4.79 Å². The molecule has 2 rings (SSSR count). The third-order valence-corrected chi connectivity index (χ3v) is 4.18. The van der Waals surface area contributed by atoms with E-state index in [1.165, 1.54) is 13.5 Å². The number of methoxy groups -OCH3 is 1. The standard InChI is InChI=1S/C17H27N3O3/c1-11-6-12(2)10-20(9-11)17(18-4)19-8-14-7-15(13(3)23-14)16(21)22-5/h7,11-12H,6,8-10H2,1-5H3,(H,18,19). The number of rotatable bonds is 3. The molecule has 128 valence electrons. The molecule has 2 heterocycles. The summed E-state index contributed by atoms with van der Waals surface area (Å²) in [6.45, 7) is 8.81. The van der Waals surface area contributed by atoms with Crippen LogP contribution in [0.15, 0.2) is 15.5 Å². The number of piperidine rings is 1. The summed E-state index contributed by atoms with van der Waals surface area (Å²) >= 11 is 0. The van der Waals surface area contributed by atoms with Gasteiger partial charge in [-0.15, -0.1) is 0 Å². The van der Waals surface area contributed by atoms with Gasteiger partial charge in [-0.1, -0.05) is 13.8 Å². The molecule has 0 aliphatic carbocycles. The number of furan rings is 1. The Morgan fingerprint density at radius 3 is 2.65 bits per heavy atom. The number of esters is 1. The van der Waals surface area contributed by atoms with Gasteiger partial charge in [0.1, 0.15) is 17.1 Å². The van der Waals surface area contributed by atoms with E-state index in [1.807, 2.05) is 0 Å². The van der Waals surface area contributed by atoms with Crippen LogP contribution in [0.25, 0.3) is 0 Å². The largest absolute Gasteiger partial charge is 0.465 e. The number of hydrogen-bond acceptors (Lipinski definition) is 4. The summed E-state index contributed by atoms with van der Waals surface area (Å²) < 4.78 is 10.4. The predicted molar refractivity (Wildman–Crippen MR) is 89.5 cm³/mol. The maximum atomic E-state index is 11.6. The lowest BCUT2D eigenvalue weighted by Gasteiger charge is -2.37. The molecule has 2 unspecified atom stereocenters. The van der Waals surface area contributed by atoms with Crippen molar-refractivity contribution in [2.24, 2.45) is 16.8 Å². The third kappa shape index (κ3) is 4.27. The first kappa shape index (κ1) is 17.4. The molecule has 0 aromatic carbocycles. The van der Waals surface area contributed by atoms with Gasteiger partial charge in [-0.05, 0) is 31.2 Å². The molecule has 1 fully saturated rings. The van der Waals surface area contributed by atoms with Crippen LogP contribution >= 0.6 is 0 Å².